The molecule has 2 heterocycles. The summed E-state index contributed by atoms with van der Waals surface area (Å²) in [5.41, 5.74) is 6.46. The van der Waals surface area contributed by atoms with Crippen molar-refractivity contribution in [3.05, 3.63) is 71.7 Å². The highest BCUT2D eigenvalue weighted by Crippen LogP contribution is 2.35. The fourth-order valence-electron chi connectivity index (χ4n) is 4.33. The van der Waals surface area contributed by atoms with Crippen LogP contribution >= 0.6 is 0 Å². The molecule has 8 nitrogen and oxygen atoms in total. The van der Waals surface area contributed by atoms with Gasteiger partial charge in [-0.25, -0.2) is 9.18 Å². The van der Waals surface area contributed by atoms with Crippen molar-refractivity contribution in [3.63, 3.8) is 0 Å². The molecule has 0 bridgehead atoms. The quantitative estimate of drug-likeness (QED) is 0.587. The van der Waals surface area contributed by atoms with Gasteiger partial charge >= 0.3 is 6.09 Å². The molecule has 0 spiro atoms. The predicted molar refractivity (Wildman–Crippen MR) is 129 cm³/mol. The number of hydrogen-bond acceptors (Lipinski definition) is 5. The summed E-state index contributed by atoms with van der Waals surface area (Å²) in [6, 6.07) is 12.6. The Morgan fingerprint density at radius 2 is 1.89 bits per heavy atom. The number of primary amides is 1. The van der Waals surface area contributed by atoms with Gasteiger partial charge < -0.3 is 20.7 Å². The maximum Gasteiger partial charge on any atom is 0.410 e. The number of nitrogens with one attached hydrogen (secondary N) is 1. The topological polar surface area (TPSA) is 115 Å². The number of pyridine rings is 1. The maximum atomic E-state index is 14.0. The second kappa shape index (κ2) is 9.32. The summed E-state index contributed by atoms with van der Waals surface area (Å²) in [7, 11) is 0. The van der Waals surface area contributed by atoms with Crippen LogP contribution in [0.1, 0.15) is 42.6 Å². The van der Waals surface area contributed by atoms with E-state index in [-0.39, 0.29) is 24.6 Å². The van der Waals surface area contributed by atoms with Crippen LogP contribution in [0.3, 0.4) is 0 Å². The number of amides is 3. The first-order valence-corrected chi connectivity index (χ1v) is 11.3. The summed E-state index contributed by atoms with van der Waals surface area (Å²) >= 11 is 0. The number of benzene rings is 2. The molecule has 1 fully saturated rings. The molecule has 0 saturated carbocycles. The highest BCUT2D eigenvalue weighted by Gasteiger charge is 2.42. The molecule has 9 heteroatoms. The van der Waals surface area contributed by atoms with E-state index in [0.717, 1.165) is 0 Å². The van der Waals surface area contributed by atoms with E-state index in [1.807, 2.05) is 0 Å². The molecule has 35 heavy (non-hydrogen) atoms. The summed E-state index contributed by atoms with van der Waals surface area (Å²) in [6.07, 6.45) is 1.01. The minimum atomic E-state index is -0.695. The molecule has 1 aliphatic heterocycles. The Morgan fingerprint density at radius 3 is 2.57 bits per heavy atom. The Hall–Kier alpha value is -4.01. The van der Waals surface area contributed by atoms with Crippen LogP contribution in [0, 0.1) is 11.7 Å². The molecule has 0 aliphatic carbocycles. The zero-order valence-electron chi connectivity index (χ0n) is 19.7. The van der Waals surface area contributed by atoms with E-state index in [0.29, 0.717) is 22.2 Å². The summed E-state index contributed by atoms with van der Waals surface area (Å²) in [4.78, 5) is 43.8. The molecule has 4 rings (SSSR count). The lowest BCUT2D eigenvalue weighted by atomic mass is 9.88. The first kappa shape index (κ1) is 24.1. The molecule has 0 radical (unpaired) electrons. The van der Waals surface area contributed by atoms with Gasteiger partial charge in [0.15, 0.2) is 0 Å². The fraction of sp³-hybridized carbons (Fsp3) is 0.308. The lowest BCUT2D eigenvalue weighted by molar-refractivity contribution is -0.119. The number of likely N-dealkylation sites (tertiary alicyclic amines) is 1. The molecule has 3 amide bonds. The molecule has 1 saturated heterocycles. The number of aromatic nitrogens is 1. The predicted octanol–water partition coefficient (Wildman–Crippen LogP) is 4.06. The molecule has 1 aliphatic rings. The SMILES string of the molecule is CC(C)(C)OC(=O)N1C[C@H](c2cccc(F)c2)[C@H](C(=O)Nc2ccc(C(N)=O)c3ncccc23)C1. The van der Waals surface area contributed by atoms with E-state index in [1.54, 1.807) is 51.1 Å². The van der Waals surface area contributed by atoms with Gasteiger partial charge in [0.1, 0.15) is 11.4 Å². The summed E-state index contributed by atoms with van der Waals surface area (Å²) in [5.74, 6) is -2.49. The Morgan fingerprint density at radius 1 is 1.11 bits per heavy atom. The van der Waals surface area contributed by atoms with Crippen LogP contribution in [0.15, 0.2) is 54.7 Å². The molecular weight excluding hydrogens is 451 g/mol. The van der Waals surface area contributed by atoms with E-state index < -0.39 is 35.3 Å². The zero-order valence-corrected chi connectivity index (χ0v) is 19.7. The first-order chi connectivity index (χ1) is 16.5. The zero-order chi connectivity index (χ0) is 25.3. The normalized spacial score (nSPS) is 17.9. The molecule has 3 aromatic rings. The lowest BCUT2D eigenvalue weighted by Gasteiger charge is -2.24. The molecular formula is C26H27FN4O4. The maximum absolute atomic E-state index is 14.0. The monoisotopic (exact) mass is 478 g/mol. The smallest absolute Gasteiger partial charge is 0.410 e. The van der Waals surface area contributed by atoms with Gasteiger partial charge in [-0.2, -0.15) is 0 Å². The number of rotatable bonds is 4. The standard InChI is InChI=1S/C26H27FN4O4/c1-26(2,3)35-25(34)31-13-19(15-6-4-7-16(27)12-15)20(14-31)24(33)30-21-10-9-18(23(28)32)22-17(21)8-5-11-29-22/h4-12,19-20H,13-14H2,1-3H3,(H2,28,32)(H,30,33)/t19-,20-/m1/s1. The van der Waals surface area contributed by atoms with Crippen LogP contribution < -0.4 is 11.1 Å². The Kier molecular flexibility index (Phi) is 6.43. The minimum Gasteiger partial charge on any atom is -0.444 e. The number of carbonyl (C=O) groups excluding carboxylic acids is 3. The highest BCUT2D eigenvalue weighted by atomic mass is 19.1. The van der Waals surface area contributed by atoms with Crippen LogP contribution in [0.2, 0.25) is 0 Å². The van der Waals surface area contributed by atoms with Crippen molar-refractivity contribution in [1.82, 2.24) is 9.88 Å². The molecule has 2 aromatic carbocycles. The van der Waals surface area contributed by atoms with Gasteiger partial charge in [0.25, 0.3) is 5.91 Å². The van der Waals surface area contributed by atoms with Crippen molar-refractivity contribution in [3.8, 4) is 0 Å². The van der Waals surface area contributed by atoms with Gasteiger partial charge in [-0.1, -0.05) is 12.1 Å². The number of halogens is 1. The summed E-state index contributed by atoms with van der Waals surface area (Å²) in [5, 5.41) is 3.47. The largest absolute Gasteiger partial charge is 0.444 e. The second-order valence-electron chi connectivity index (χ2n) is 9.57. The van der Waals surface area contributed by atoms with Crippen LogP contribution in [0.4, 0.5) is 14.9 Å². The van der Waals surface area contributed by atoms with Gasteiger partial charge in [-0.3, -0.25) is 14.6 Å². The summed E-state index contributed by atoms with van der Waals surface area (Å²) in [6.45, 7) is 5.62. The van der Waals surface area contributed by atoms with Crippen molar-refractivity contribution in [1.29, 1.82) is 0 Å². The van der Waals surface area contributed by atoms with E-state index >= 15 is 0 Å². The van der Waals surface area contributed by atoms with Crippen LogP contribution in [0.5, 0.6) is 0 Å². The van der Waals surface area contributed by atoms with Crippen LogP contribution in [-0.2, 0) is 9.53 Å². The highest BCUT2D eigenvalue weighted by molar-refractivity contribution is 6.10. The Labute approximate surface area is 202 Å². The number of ether oxygens (including phenoxy) is 1. The van der Waals surface area contributed by atoms with Crippen LogP contribution in [0.25, 0.3) is 10.9 Å². The van der Waals surface area contributed by atoms with E-state index in [1.165, 1.54) is 29.3 Å². The van der Waals surface area contributed by atoms with Crippen molar-refractivity contribution in [2.24, 2.45) is 11.7 Å². The molecule has 2 atom stereocenters. The van der Waals surface area contributed by atoms with Gasteiger partial charge in [0, 0.05) is 30.6 Å². The van der Waals surface area contributed by atoms with Gasteiger partial charge in [-0.05, 0) is 62.7 Å². The molecule has 0 unspecified atom stereocenters. The molecule has 182 valence electrons. The average molecular weight is 479 g/mol. The van der Waals surface area contributed by atoms with Crippen molar-refractivity contribution in [2.75, 3.05) is 18.4 Å². The average Bonchev–Trinajstić information content (AvgIpc) is 3.24. The fourth-order valence-corrected chi connectivity index (χ4v) is 4.33. The van der Waals surface area contributed by atoms with Crippen molar-refractivity contribution in [2.45, 2.75) is 32.3 Å². The lowest BCUT2D eigenvalue weighted by Crippen LogP contribution is -2.36. The van der Waals surface area contributed by atoms with Crippen molar-refractivity contribution < 1.29 is 23.5 Å². The Bertz CT molecular complexity index is 1300. The van der Waals surface area contributed by atoms with Crippen LogP contribution in [-0.4, -0.2) is 46.5 Å². The third-order valence-electron chi connectivity index (χ3n) is 5.88. The third kappa shape index (κ3) is 5.24. The number of fused-ring (bicyclic) bond motifs is 1. The van der Waals surface area contributed by atoms with Gasteiger partial charge in [-0.15, -0.1) is 0 Å². The first-order valence-electron chi connectivity index (χ1n) is 11.3. The number of nitrogens with two attached hydrogens (primary N) is 1. The second-order valence-corrected chi connectivity index (χ2v) is 9.57. The van der Waals surface area contributed by atoms with Gasteiger partial charge in [0.2, 0.25) is 5.91 Å². The van der Waals surface area contributed by atoms with E-state index in [2.05, 4.69) is 10.3 Å². The summed E-state index contributed by atoms with van der Waals surface area (Å²) < 4.78 is 19.5. The van der Waals surface area contributed by atoms with Crippen molar-refractivity contribution >= 4 is 34.5 Å². The number of hydrogen-bond donors (Lipinski definition) is 2. The number of nitrogens with zero attached hydrogens (tertiary/aromatic N) is 2. The van der Waals surface area contributed by atoms with Gasteiger partial charge in [0.05, 0.1) is 22.7 Å². The minimum absolute atomic E-state index is 0.109. The number of anilines is 1. The molecule has 3 N–H and O–H groups in total. The Balaban J connectivity index is 1.65. The number of carbonyl (C=O) groups is 3. The third-order valence-corrected chi connectivity index (χ3v) is 5.88. The van der Waals surface area contributed by atoms with E-state index in [4.69, 9.17) is 10.5 Å². The molecule has 1 aromatic heterocycles. The van der Waals surface area contributed by atoms with E-state index in [9.17, 15) is 18.8 Å².